The summed E-state index contributed by atoms with van der Waals surface area (Å²) >= 11 is 1.63. The molecule has 5 nitrogen and oxygen atoms in total. The zero-order chi connectivity index (χ0) is 14.7. The lowest BCUT2D eigenvalue weighted by Crippen LogP contribution is -2.36. The number of nitrogens with two attached hydrogens (primary N) is 1. The van der Waals surface area contributed by atoms with Gasteiger partial charge in [-0.15, -0.1) is 11.3 Å². The van der Waals surface area contributed by atoms with Crippen LogP contribution in [0, 0.1) is 6.92 Å². The molecule has 6 heteroatoms. The quantitative estimate of drug-likeness (QED) is 0.828. The summed E-state index contributed by atoms with van der Waals surface area (Å²) in [6, 6.07) is 3.93. The number of hydrogen-bond acceptors (Lipinski definition) is 5. The van der Waals surface area contributed by atoms with Crippen molar-refractivity contribution in [3.8, 4) is 0 Å². The van der Waals surface area contributed by atoms with E-state index in [9.17, 15) is 4.79 Å². The molecule has 1 aromatic carbocycles. The average Bonchev–Trinajstić information content (AvgIpc) is 2.76. The molecule has 0 radical (unpaired) electrons. The minimum atomic E-state index is -0.0209. The average molecular weight is 292 g/mol. The van der Waals surface area contributed by atoms with E-state index in [1.165, 1.54) is 0 Å². The molecule has 3 N–H and O–H groups in total. The first-order valence-corrected chi connectivity index (χ1v) is 7.49. The van der Waals surface area contributed by atoms with Gasteiger partial charge in [0.25, 0.3) is 0 Å². The van der Waals surface area contributed by atoms with Crippen LogP contribution in [-0.4, -0.2) is 31.0 Å². The van der Waals surface area contributed by atoms with Crippen molar-refractivity contribution < 1.29 is 4.79 Å². The summed E-state index contributed by atoms with van der Waals surface area (Å²) < 4.78 is 1.08. The maximum atomic E-state index is 11.6. The highest BCUT2D eigenvalue weighted by molar-refractivity contribution is 7.18. The molecule has 20 heavy (non-hydrogen) atoms. The number of aromatic nitrogens is 1. The van der Waals surface area contributed by atoms with Gasteiger partial charge in [0.05, 0.1) is 33.1 Å². The summed E-state index contributed by atoms with van der Waals surface area (Å²) in [6.45, 7) is 5.16. The molecule has 1 aromatic heterocycles. The molecule has 0 saturated carbocycles. The third-order valence-corrected chi connectivity index (χ3v) is 4.02. The van der Waals surface area contributed by atoms with Gasteiger partial charge < -0.3 is 16.0 Å². The standard InChI is InChI=1S/C14H20N4OS/c1-4-5-18(8-14(19)16-3)12-7-11-13(6-10(12)15)20-9(2)17-11/h6-7H,4-5,8,15H2,1-3H3,(H,16,19). The molecule has 0 spiro atoms. The lowest BCUT2D eigenvalue weighted by atomic mass is 10.2. The number of likely N-dealkylation sites (N-methyl/N-ethyl adjacent to an activating group) is 1. The summed E-state index contributed by atoms with van der Waals surface area (Å²) in [5.41, 5.74) is 8.67. The van der Waals surface area contributed by atoms with Gasteiger partial charge in [0.2, 0.25) is 5.91 Å². The first-order chi connectivity index (χ1) is 9.55. The maximum Gasteiger partial charge on any atom is 0.239 e. The molecule has 2 aromatic rings. The maximum absolute atomic E-state index is 11.6. The van der Waals surface area contributed by atoms with E-state index in [4.69, 9.17) is 5.73 Å². The highest BCUT2D eigenvalue weighted by Crippen LogP contribution is 2.32. The topological polar surface area (TPSA) is 71.2 Å². The molecule has 1 heterocycles. The first kappa shape index (κ1) is 14.6. The van der Waals surface area contributed by atoms with Crippen LogP contribution in [0.4, 0.5) is 11.4 Å². The Morgan fingerprint density at radius 2 is 2.25 bits per heavy atom. The molecule has 0 saturated heterocycles. The molecule has 0 aliphatic heterocycles. The second-order valence-electron chi connectivity index (χ2n) is 4.71. The second kappa shape index (κ2) is 6.09. The highest BCUT2D eigenvalue weighted by Gasteiger charge is 2.15. The zero-order valence-corrected chi connectivity index (χ0v) is 12.9. The number of anilines is 2. The van der Waals surface area contributed by atoms with Crippen molar-refractivity contribution in [2.24, 2.45) is 0 Å². The summed E-state index contributed by atoms with van der Waals surface area (Å²) in [6.07, 6.45) is 0.949. The lowest BCUT2D eigenvalue weighted by Gasteiger charge is -2.24. The summed E-state index contributed by atoms with van der Waals surface area (Å²) in [7, 11) is 1.64. The highest BCUT2D eigenvalue weighted by atomic mass is 32.1. The smallest absolute Gasteiger partial charge is 0.239 e. The van der Waals surface area contributed by atoms with Crippen LogP contribution in [-0.2, 0) is 4.79 Å². The fraction of sp³-hybridized carbons (Fsp3) is 0.429. The number of carbonyl (C=O) groups excluding carboxylic acids is 1. The number of fused-ring (bicyclic) bond motifs is 1. The Hall–Kier alpha value is -1.82. The van der Waals surface area contributed by atoms with Gasteiger partial charge in [0.1, 0.15) is 0 Å². The van der Waals surface area contributed by atoms with E-state index in [1.807, 2.05) is 24.0 Å². The Balaban J connectivity index is 2.40. The number of carbonyl (C=O) groups is 1. The van der Waals surface area contributed by atoms with Crippen LogP contribution in [0.25, 0.3) is 10.2 Å². The molecule has 0 fully saturated rings. The third-order valence-electron chi connectivity index (χ3n) is 3.09. The summed E-state index contributed by atoms with van der Waals surface area (Å²) in [5.74, 6) is -0.0209. The number of rotatable bonds is 5. The molecule has 0 aliphatic carbocycles. The molecule has 108 valence electrons. The fourth-order valence-corrected chi connectivity index (χ4v) is 3.03. The Morgan fingerprint density at radius 3 is 2.90 bits per heavy atom. The van der Waals surface area contributed by atoms with Crippen LogP contribution in [0.3, 0.4) is 0 Å². The molecule has 0 unspecified atom stereocenters. The van der Waals surface area contributed by atoms with Gasteiger partial charge in [0, 0.05) is 13.6 Å². The van der Waals surface area contributed by atoms with Crippen LogP contribution in [0.15, 0.2) is 12.1 Å². The van der Waals surface area contributed by atoms with E-state index in [0.717, 1.165) is 33.9 Å². The number of thiazole rings is 1. The monoisotopic (exact) mass is 292 g/mol. The van der Waals surface area contributed by atoms with Gasteiger partial charge in [-0.3, -0.25) is 4.79 Å². The Labute approximate surface area is 122 Å². The summed E-state index contributed by atoms with van der Waals surface area (Å²) in [5, 5.41) is 3.67. The molecule has 0 atom stereocenters. The fourth-order valence-electron chi connectivity index (χ4n) is 2.17. The number of nitrogen functional groups attached to an aromatic ring is 1. The predicted molar refractivity (Wildman–Crippen MR) is 85.3 cm³/mol. The minimum Gasteiger partial charge on any atom is -0.397 e. The normalized spacial score (nSPS) is 10.8. The van der Waals surface area contributed by atoms with Crippen LogP contribution in [0.2, 0.25) is 0 Å². The summed E-state index contributed by atoms with van der Waals surface area (Å²) in [4.78, 5) is 18.1. The van der Waals surface area contributed by atoms with Gasteiger partial charge in [0.15, 0.2) is 0 Å². The number of nitrogens with zero attached hydrogens (tertiary/aromatic N) is 2. The van der Waals surface area contributed by atoms with Crippen LogP contribution in [0.1, 0.15) is 18.4 Å². The van der Waals surface area contributed by atoms with E-state index >= 15 is 0 Å². The first-order valence-electron chi connectivity index (χ1n) is 6.67. The number of benzene rings is 1. The van der Waals surface area contributed by atoms with E-state index in [1.54, 1.807) is 18.4 Å². The zero-order valence-electron chi connectivity index (χ0n) is 12.1. The Bertz CT molecular complexity index is 623. The van der Waals surface area contributed by atoms with E-state index in [-0.39, 0.29) is 5.91 Å². The van der Waals surface area contributed by atoms with Crippen LogP contribution >= 0.6 is 11.3 Å². The SMILES string of the molecule is CCCN(CC(=O)NC)c1cc2nc(C)sc2cc1N. The van der Waals surface area contributed by atoms with E-state index in [0.29, 0.717) is 12.2 Å². The van der Waals surface area contributed by atoms with Gasteiger partial charge in [-0.2, -0.15) is 0 Å². The largest absolute Gasteiger partial charge is 0.397 e. The molecule has 0 aliphatic rings. The van der Waals surface area contributed by atoms with E-state index < -0.39 is 0 Å². The van der Waals surface area contributed by atoms with Crippen LogP contribution < -0.4 is 16.0 Å². The van der Waals surface area contributed by atoms with Crippen molar-refractivity contribution >= 4 is 38.8 Å². The molecular formula is C14H20N4OS. The van der Waals surface area contributed by atoms with Crippen molar-refractivity contribution in [1.82, 2.24) is 10.3 Å². The van der Waals surface area contributed by atoms with Gasteiger partial charge in [-0.05, 0) is 25.5 Å². The number of amides is 1. The van der Waals surface area contributed by atoms with Crippen molar-refractivity contribution in [3.05, 3.63) is 17.1 Å². The van der Waals surface area contributed by atoms with Crippen molar-refractivity contribution in [3.63, 3.8) is 0 Å². The lowest BCUT2D eigenvalue weighted by molar-refractivity contribution is -0.119. The van der Waals surface area contributed by atoms with Crippen molar-refractivity contribution in [1.29, 1.82) is 0 Å². The second-order valence-corrected chi connectivity index (χ2v) is 5.94. The van der Waals surface area contributed by atoms with Gasteiger partial charge in [-0.1, -0.05) is 6.92 Å². The molecule has 2 rings (SSSR count). The van der Waals surface area contributed by atoms with Crippen molar-refractivity contribution in [2.45, 2.75) is 20.3 Å². The van der Waals surface area contributed by atoms with Crippen molar-refractivity contribution in [2.75, 3.05) is 30.8 Å². The minimum absolute atomic E-state index is 0.0209. The van der Waals surface area contributed by atoms with E-state index in [2.05, 4.69) is 17.2 Å². The predicted octanol–water partition coefficient (Wildman–Crippen LogP) is 2.15. The van der Waals surface area contributed by atoms with Gasteiger partial charge >= 0.3 is 0 Å². The number of nitrogens with one attached hydrogen (secondary N) is 1. The third kappa shape index (κ3) is 3.01. The molecule has 1 amide bonds. The molecular weight excluding hydrogens is 272 g/mol. The van der Waals surface area contributed by atoms with Crippen LogP contribution in [0.5, 0.6) is 0 Å². The number of hydrogen-bond donors (Lipinski definition) is 2. The Kier molecular flexibility index (Phi) is 4.44. The Morgan fingerprint density at radius 1 is 1.50 bits per heavy atom. The molecule has 0 bridgehead atoms. The van der Waals surface area contributed by atoms with Gasteiger partial charge in [-0.25, -0.2) is 4.98 Å². The number of aryl methyl sites for hydroxylation is 1.